The highest BCUT2D eigenvalue weighted by atomic mass is 35.5. The maximum atomic E-state index is 16.3. The fourth-order valence-electron chi connectivity index (χ4n) is 12.2. The number of benzene rings is 4. The number of carbonyl (C=O) groups excluding carboxylic acids is 5. The molecule has 12 nitrogen and oxygen atoms in total. The molecule has 6 aliphatic rings. The molecule has 5 atom stereocenters. The molecule has 5 aliphatic heterocycles. The van der Waals surface area contributed by atoms with Gasteiger partial charge in [-0.3, -0.25) is 29.3 Å². The van der Waals surface area contributed by atoms with Crippen LogP contribution in [0.3, 0.4) is 0 Å². The van der Waals surface area contributed by atoms with E-state index in [1.807, 2.05) is 35.2 Å². The van der Waals surface area contributed by atoms with Crippen LogP contribution in [-0.4, -0.2) is 84.2 Å². The molecule has 69 heavy (non-hydrogen) atoms. The normalized spacial score (nSPS) is 24.8. The van der Waals surface area contributed by atoms with Crippen molar-refractivity contribution in [2.24, 2.45) is 16.7 Å². The van der Waals surface area contributed by atoms with E-state index in [1.165, 1.54) is 13.2 Å². The van der Waals surface area contributed by atoms with Crippen LogP contribution in [0.5, 0.6) is 5.75 Å². The fraction of sp³-hybridized carbons (Fsp3) is 0.426. The van der Waals surface area contributed by atoms with Crippen molar-refractivity contribution < 1.29 is 33.1 Å². The molecule has 4 aromatic carbocycles. The molecule has 1 saturated carbocycles. The molecule has 4 fully saturated rings. The number of hydrogen-bond donors (Lipinski definition) is 4. The van der Waals surface area contributed by atoms with Crippen molar-refractivity contribution >= 4 is 64.1 Å². The number of halogens is 3. The summed E-state index contributed by atoms with van der Waals surface area (Å²) in [6, 6.07) is 19.4. The van der Waals surface area contributed by atoms with E-state index < -0.39 is 35.1 Å². The van der Waals surface area contributed by atoms with Crippen LogP contribution in [0, 0.1) is 34.4 Å². The fourth-order valence-corrected chi connectivity index (χ4v) is 12.5. The molecule has 1 unspecified atom stereocenters. The molecule has 4 aromatic rings. The molecule has 4 N–H and O–H groups in total. The quantitative estimate of drug-likeness (QED) is 0.107. The highest BCUT2D eigenvalue weighted by Gasteiger charge is 2.62. The maximum Gasteiger partial charge on any atom is 0.255 e. The van der Waals surface area contributed by atoms with E-state index in [0.717, 1.165) is 48.1 Å². The molecule has 5 amide bonds. The van der Waals surface area contributed by atoms with Crippen LogP contribution in [0.1, 0.15) is 115 Å². The zero-order valence-electron chi connectivity index (χ0n) is 39.1. The van der Waals surface area contributed by atoms with E-state index in [4.69, 9.17) is 27.9 Å². The van der Waals surface area contributed by atoms with Crippen LogP contribution in [0.2, 0.25) is 10.0 Å². The molecule has 15 heteroatoms. The molecule has 3 saturated heterocycles. The van der Waals surface area contributed by atoms with Gasteiger partial charge in [0, 0.05) is 83.3 Å². The van der Waals surface area contributed by atoms with Crippen molar-refractivity contribution in [3.63, 3.8) is 0 Å². The highest BCUT2D eigenvalue weighted by Crippen LogP contribution is 2.57. The van der Waals surface area contributed by atoms with E-state index in [2.05, 4.69) is 53.9 Å². The molecule has 0 radical (unpaired) electrons. The Labute approximate surface area is 411 Å². The number of nitrogens with zero attached hydrogens (tertiary/aromatic N) is 2. The molecule has 0 aromatic heterocycles. The number of amides is 5. The van der Waals surface area contributed by atoms with Crippen LogP contribution >= 0.6 is 23.2 Å². The van der Waals surface area contributed by atoms with Crippen molar-refractivity contribution in [3.8, 4) is 17.6 Å². The standard InChI is InChI=1S/C54H55Cl2FN6O6/c1-52(2,3)27-43-54(29-58-40-24-33(55)14-15-37(40)54)45(35-9-6-10-38(56)46(35)57)47(60-43)49(66)59-39-16-13-32(23-42(39)69-4)50(67)62-21-19-53(20-22-62)25-30(26-53)11-12-31-7-5-8-34-36(31)28-63(51(34)68)41-17-18-44(64)61-48(41)65/h5-10,13-16,23-24,30,41,43,45,47,58,60H,17-22,25-29H2,1-4H3,(H,59,66)(H,61,64,65)/t41?,43-,45-,47+,54-/m0/s1. The van der Waals surface area contributed by atoms with E-state index in [0.29, 0.717) is 65.6 Å². The molecule has 2 spiro atoms. The van der Waals surface area contributed by atoms with Gasteiger partial charge in [0.25, 0.3) is 11.8 Å². The second kappa shape index (κ2) is 17.8. The number of likely N-dealkylation sites (tertiary alicyclic amines) is 1. The lowest BCUT2D eigenvalue weighted by molar-refractivity contribution is -0.137. The van der Waals surface area contributed by atoms with Crippen molar-refractivity contribution in [2.75, 3.05) is 37.4 Å². The van der Waals surface area contributed by atoms with Gasteiger partial charge in [-0.25, -0.2) is 4.39 Å². The number of fused-ring (bicyclic) bond motifs is 3. The lowest BCUT2D eigenvalue weighted by atomic mass is 9.58. The minimum atomic E-state index is -0.889. The Hall–Kier alpha value is -5.94. The number of piperidine rings is 2. The van der Waals surface area contributed by atoms with Crippen LogP contribution in [0.25, 0.3) is 0 Å². The van der Waals surface area contributed by atoms with E-state index in [1.54, 1.807) is 41.3 Å². The van der Waals surface area contributed by atoms with Crippen molar-refractivity contribution in [1.82, 2.24) is 20.4 Å². The summed E-state index contributed by atoms with van der Waals surface area (Å²) in [5.74, 6) is 4.60. The predicted molar refractivity (Wildman–Crippen MR) is 262 cm³/mol. The summed E-state index contributed by atoms with van der Waals surface area (Å²) in [5.41, 5.74) is 4.31. The van der Waals surface area contributed by atoms with Gasteiger partial charge in [-0.15, -0.1) is 0 Å². The number of anilines is 2. The first-order valence-electron chi connectivity index (χ1n) is 23.8. The first-order chi connectivity index (χ1) is 33.0. The van der Waals surface area contributed by atoms with Gasteiger partial charge in [-0.05, 0) is 115 Å². The zero-order valence-corrected chi connectivity index (χ0v) is 40.6. The number of hydrogen-bond acceptors (Lipinski definition) is 8. The van der Waals surface area contributed by atoms with Crippen molar-refractivity contribution in [1.29, 1.82) is 0 Å². The minimum absolute atomic E-state index is 0.0220. The summed E-state index contributed by atoms with van der Waals surface area (Å²) < 4.78 is 22.1. The summed E-state index contributed by atoms with van der Waals surface area (Å²) in [7, 11) is 1.50. The van der Waals surface area contributed by atoms with Crippen molar-refractivity contribution in [2.45, 2.75) is 102 Å². The Balaban J connectivity index is 0.808. The molecule has 10 rings (SSSR count). The molecule has 358 valence electrons. The Morgan fingerprint density at radius 2 is 1.75 bits per heavy atom. The second-order valence-corrected chi connectivity index (χ2v) is 21.8. The lowest BCUT2D eigenvalue weighted by Crippen LogP contribution is -2.52. The van der Waals surface area contributed by atoms with E-state index in [9.17, 15) is 24.0 Å². The molecule has 0 bridgehead atoms. The Bertz CT molecular complexity index is 2880. The third kappa shape index (κ3) is 8.42. The number of methoxy groups -OCH3 is 1. The van der Waals surface area contributed by atoms with E-state index in [-0.39, 0.29) is 64.4 Å². The average molecular weight is 974 g/mol. The summed E-state index contributed by atoms with van der Waals surface area (Å²) in [5, 5.41) is 13.2. The summed E-state index contributed by atoms with van der Waals surface area (Å²) >= 11 is 12.9. The summed E-state index contributed by atoms with van der Waals surface area (Å²) in [6.07, 6.45) is 4.75. The number of carbonyl (C=O) groups is 5. The third-order valence-electron chi connectivity index (χ3n) is 15.5. The van der Waals surface area contributed by atoms with Gasteiger partial charge in [-0.2, -0.15) is 0 Å². The first kappa shape index (κ1) is 46.8. The topological polar surface area (TPSA) is 149 Å². The third-order valence-corrected chi connectivity index (χ3v) is 16.1. The van der Waals surface area contributed by atoms with E-state index >= 15 is 4.39 Å². The maximum absolute atomic E-state index is 16.3. The minimum Gasteiger partial charge on any atom is -0.495 e. The van der Waals surface area contributed by atoms with Crippen molar-refractivity contribution in [3.05, 3.63) is 122 Å². The Kier molecular flexibility index (Phi) is 12.1. The van der Waals surface area contributed by atoms with Crippen LogP contribution in [-0.2, 0) is 26.3 Å². The largest absolute Gasteiger partial charge is 0.495 e. The smallest absolute Gasteiger partial charge is 0.255 e. The van der Waals surface area contributed by atoms with Gasteiger partial charge >= 0.3 is 0 Å². The van der Waals surface area contributed by atoms with Gasteiger partial charge < -0.3 is 30.5 Å². The Morgan fingerprint density at radius 3 is 2.49 bits per heavy atom. The molecule has 5 heterocycles. The number of nitrogens with one attached hydrogen (secondary N) is 4. The van der Waals surface area contributed by atoms with Crippen LogP contribution < -0.4 is 26.0 Å². The number of ether oxygens (including phenoxy) is 1. The Morgan fingerprint density at radius 1 is 0.986 bits per heavy atom. The first-order valence-corrected chi connectivity index (χ1v) is 24.5. The van der Waals surface area contributed by atoms with Crippen LogP contribution in [0.4, 0.5) is 15.8 Å². The predicted octanol–water partition coefficient (Wildman–Crippen LogP) is 8.45. The SMILES string of the molecule is COc1cc(C(=O)N2CCC3(CC2)CC(C#Cc2cccc4c2CN(C2CCC(=O)NC2=O)C4=O)C3)ccc1NC(=O)[C@@H]1N[C@@H](CC(C)(C)C)[C@@]2(CNc3cc(Cl)ccc32)[C@H]1c1cccc(Cl)c1F. The molecule has 1 aliphatic carbocycles. The monoisotopic (exact) mass is 972 g/mol. The highest BCUT2D eigenvalue weighted by molar-refractivity contribution is 6.31. The average Bonchev–Trinajstić information content (AvgIpc) is 3.96. The van der Waals surface area contributed by atoms with Gasteiger partial charge in [0.15, 0.2) is 0 Å². The summed E-state index contributed by atoms with van der Waals surface area (Å²) in [6.45, 7) is 8.37. The van der Waals surface area contributed by atoms with Gasteiger partial charge in [-0.1, -0.05) is 80.1 Å². The molecular weight excluding hydrogens is 919 g/mol. The van der Waals surface area contributed by atoms with Gasteiger partial charge in [0.2, 0.25) is 17.7 Å². The zero-order chi connectivity index (χ0) is 48.6. The second-order valence-electron chi connectivity index (χ2n) is 21.0. The summed E-state index contributed by atoms with van der Waals surface area (Å²) in [4.78, 5) is 69.8. The molecular formula is C54H55Cl2FN6O6. The van der Waals surface area contributed by atoms with Crippen LogP contribution in [0.15, 0.2) is 72.8 Å². The lowest BCUT2D eigenvalue weighted by Gasteiger charge is -2.50. The van der Waals surface area contributed by atoms with Gasteiger partial charge in [0.05, 0.1) is 23.9 Å². The number of imide groups is 1. The number of rotatable bonds is 7. The van der Waals surface area contributed by atoms with Gasteiger partial charge in [0.1, 0.15) is 17.6 Å².